The summed E-state index contributed by atoms with van der Waals surface area (Å²) in [7, 11) is 1.47. The standard InChI is InChI=1S/C25H27ClF3N3O4/c1-24(2,3)36-23(34)30-10-9-17(14-30)32-19-7-6-16(25(27,28)29)12-20(19)31(22(32)33)13-15-5-8-21(35-4)18(26)11-15/h5-8,11-12,17H,9-10,13-14H2,1-4H3. The van der Waals surface area contributed by atoms with Crippen molar-refractivity contribution in [1.29, 1.82) is 0 Å². The van der Waals surface area contributed by atoms with E-state index in [0.29, 0.717) is 34.8 Å². The molecule has 0 N–H and O–H groups in total. The van der Waals surface area contributed by atoms with Crippen LogP contribution in [0.15, 0.2) is 41.2 Å². The molecule has 1 fully saturated rings. The van der Waals surface area contributed by atoms with Crippen molar-refractivity contribution in [3.05, 3.63) is 63.0 Å². The van der Waals surface area contributed by atoms with Crippen LogP contribution in [0.3, 0.4) is 0 Å². The van der Waals surface area contributed by atoms with E-state index in [1.807, 2.05) is 0 Å². The van der Waals surface area contributed by atoms with Crippen LogP contribution in [0.1, 0.15) is 44.4 Å². The first-order chi connectivity index (χ1) is 16.8. The number of nitrogens with zero attached hydrogens (tertiary/aromatic N) is 3. The molecular weight excluding hydrogens is 499 g/mol. The number of methoxy groups -OCH3 is 1. The van der Waals surface area contributed by atoms with E-state index in [4.69, 9.17) is 21.1 Å². The number of benzene rings is 2. The number of likely N-dealkylation sites (tertiary alicyclic amines) is 1. The third-order valence-corrected chi connectivity index (χ3v) is 6.32. The Balaban J connectivity index is 1.76. The van der Waals surface area contributed by atoms with Crippen LogP contribution < -0.4 is 10.4 Å². The molecule has 0 radical (unpaired) electrons. The molecule has 1 unspecified atom stereocenters. The highest BCUT2D eigenvalue weighted by molar-refractivity contribution is 6.32. The van der Waals surface area contributed by atoms with Crippen LogP contribution >= 0.6 is 11.6 Å². The molecule has 4 rings (SSSR count). The Labute approximate surface area is 211 Å². The molecule has 2 aromatic carbocycles. The van der Waals surface area contributed by atoms with E-state index >= 15 is 0 Å². The average Bonchev–Trinajstić information content (AvgIpc) is 3.35. The average molecular weight is 526 g/mol. The molecule has 11 heteroatoms. The van der Waals surface area contributed by atoms with Gasteiger partial charge in [0.1, 0.15) is 11.4 Å². The molecule has 1 aliphatic rings. The first-order valence-corrected chi connectivity index (χ1v) is 11.8. The number of halogens is 4. The van der Waals surface area contributed by atoms with E-state index in [0.717, 1.165) is 12.1 Å². The van der Waals surface area contributed by atoms with Gasteiger partial charge in [0, 0.05) is 13.1 Å². The lowest BCUT2D eigenvalue weighted by molar-refractivity contribution is -0.137. The third-order valence-electron chi connectivity index (χ3n) is 6.03. The van der Waals surface area contributed by atoms with Crippen molar-refractivity contribution in [2.75, 3.05) is 20.2 Å². The highest BCUT2D eigenvalue weighted by Crippen LogP contribution is 2.33. The van der Waals surface area contributed by atoms with Crippen molar-refractivity contribution < 1.29 is 27.4 Å². The fraction of sp³-hybridized carbons (Fsp3) is 0.440. The number of ether oxygens (including phenoxy) is 2. The zero-order valence-electron chi connectivity index (χ0n) is 20.4. The highest BCUT2D eigenvalue weighted by Gasteiger charge is 2.35. The number of hydrogen-bond donors (Lipinski definition) is 0. The Bertz CT molecular complexity index is 1360. The maximum atomic E-state index is 13.6. The van der Waals surface area contributed by atoms with Gasteiger partial charge in [-0.05, 0) is 63.1 Å². The first-order valence-electron chi connectivity index (χ1n) is 11.4. The second kappa shape index (κ2) is 9.38. The molecule has 0 bridgehead atoms. The molecule has 0 aliphatic carbocycles. The number of carbonyl (C=O) groups excluding carboxylic acids is 1. The Morgan fingerprint density at radius 2 is 1.83 bits per heavy atom. The number of aromatic nitrogens is 2. The summed E-state index contributed by atoms with van der Waals surface area (Å²) in [5.74, 6) is 0.447. The van der Waals surface area contributed by atoms with E-state index in [-0.39, 0.29) is 18.6 Å². The van der Waals surface area contributed by atoms with E-state index in [9.17, 15) is 22.8 Å². The molecule has 0 spiro atoms. The third kappa shape index (κ3) is 5.18. The maximum Gasteiger partial charge on any atom is 0.416 e. The van der Waals surface area contributed by atoms with E-state index < -0.39 is 35.2 Å². The number of amides is 1. The molecule has 1 atom stereocenters. The van der Waals surface area contributed by atoms with Crippen LogP contribution in [0.25, 0.3) is 11.0 Å². The molecule has 1 aliphatic heterocycles. The van der Waals surface area contributed by atoms with Gasteiger partial charge in [-0.1, -0.05) is 17.7 Å². The van der Waals surface area contributed by atoms with Crippen molar-refractivity contribution >= 4 is 28.7 Å². The Hall–Kier alpha value is -3.14. The highest BCUT2D eigenvalue weighted by atomic mass is 35.5. The largest absolute Gasteiger partial charge is 0.495 e. The monoisotopic (exact) mass is 525 g/mol. The Kier molecular flexibility index (Phi) is 6.76. The smallest absolute Gasteiger partial charge is 0.416 e. The second-order valence-electron chi connectivity index (χ2n) is 9.78. The summed E-state index contributed by atoms with van der Waals surface area (Å²) in [4.78, 5) is 27.7. The summed E-state index contributed by atoms with van der Waals surface area (Å²) in [6.07, 6.45) is -4.59. The lowest BCUT2D eigenvalue weighted by Gasteiger charge is -2.24. The number of carbonyl (C=O) groups is 1. The van der Waals surface area contributed by atoms with Crippen molar-refractivity contribution in [2.45, 2.75) is 51.6 Å². The minimum Gasteiger partial charge on any atom is -0.495 e. The number of hydrogen-bond acceptors (Lipinski definition) is 4. The number of alkyl halides is 3. The molecule has 0 saturated carbocycles. The van der Waals surface area contributed by atoms with Gasteiger partial charge in [0.25, 0.3) is 0 Å². The fourth-order valence-corrected chi connectivity index (χ4v) is 4.68. The number of imidazole rings is 1. The van der Waals surface area contributed by atoms with Gasteiger partial charge in [0.05, 0.1) is 41.3 Å². The zero-order valence-corrected chi connectivity index (χ0v) is 21.1. The van der Waals surface area contributed by atoms with Gasteiger partial charge in [-0.15, -0.1) is 0 Å². The zero-order chi connectivity index (χ0) is 26.4. The van der Waals surface area contributed by atoms with Gasteiger partial charge in [0.15, 0.2) is 0 Å². The molecule has 7 nitrogen and oxygen atoms in total. The summed E-state index contributed by atoms with van der Waals surface area (Å²) < 4.78 is 53.9. The number of rotatable bonds is 4. The maximum absolute atomic E-state index is 13.6. The van der Waals surface area contributed by atoms with Crippen LogP contribution in [0.4, 0.5) is 18.0 Å². The van der Waals surface area contributed by atoms with Gasteiger partial charge in [0.2, 0.25) is 0 Å². The molecule has 1 amide bonds. The summed E-state index contributed by atoms with van der Waals surface area (Å²) >= 11 is 6.22. The van der Waals surface area contributed by atoms with Gasteiger partial charge >= 0.3 is 18.0 Å². The fourth-order valence-electron chi connectivity index (χ4n) is 4.40. The van der Waals surface area contributed by atoms with Crippen molar-refractivity contribution in [3.63, 3.8) is 0 Å². The van der Waals surface area contributed by atoms with E-state index in [2.05, 4.69) is 0 Å². The topological polar surface area (TPSA) is 65.7 Å². The van der Waals surface area contributed by atoms with Gasteiger partial charge < -0.3 is 14.4 Å². The molecular formula is C25H27ClF3N3O4. The van der Waals surface area contributed by atoms with Gasteiger partial charge in [-0.25, -0.2) is 9.59 Å². The van der Waals surface area contributed by atoms with Crippen LogP contribution in [0.5, 0.6) is 5.75 Å². The van der Waals surface area contributed by atoms with E-state index in [1.165, 1.54) is 27.2 Å². The van der Waals surface area contributed by atoms with E-state index in [1.54, 1.807) is 39.0 Å². The predicted molar refractivity (Wildman–Crippen MR) is 130 cm³/mol. The molecule has 1 saturated heterocycles. The van der Waals surface area contributed by atoms with Crippen molar-refractivity contribution in [2.24, 2.45) is 0 Å². The predicted octanol–water partition coefficient (Wildman–Crippen LogP) is 5.71. The summed E-state index contributed by atoms with van der Waals surface area (Å²) in [6.45, 7) is 5.88. The quantitative estimate of drug-likeness (QED) is 0.437. The molecule has 36 heavy (non-hydrogen) atoms. The van der Waals surface area contributed by atoms with Crippen molar-refractivity contribution in [1.82, 2.24) is 14.0 Å². The Morgan fingerprint density at radius 1 is 1.11 bits per heavy atom. The van der Waals surface area contributed by atoms with Crippen LogP contribution in [-0.2, 0) is 17.5 Å². The molecule has 2 heterocycles. The number of fused-ring (bicyclic) bond motifs is 1. The SMILES string of the molecule is COc1ccc(Cn2c(=O)n(C3CCN(C(=O)OC(C)(C)C)C3)c3ccc(C(F)(F)F)cc32)cc1Cl. The lowest BCUT2D eigenvalue weighted by Crippen LogP contribution is -2.36. The van der Waals surface area contributed by atoms with Crippen LogP contribution in [0.2, 0.25) is 5.02 Å². The normalized spacial score (nSPS) is 16.6. The first kappa shape index (κ1) is 25.9. The molecule has 3 aromatic rings. The van der Waals surface area contributed by atoms with Gasteiger partial charge in [-0.3, -0.25) is 9.13 Å². The molecule has 1 aromatic heterocycles. The minimum atomic E-state index is -4.57. The summed E-state index contributed by atoms with van der Waals surface area (Å²) in [5.41, 5.74) is -0.847. The van der Waals surface area contributed by atoms with Crippen molar-refractivity contribution in [3.8, 4) is 5.75 Å². The minimum absolute atomic E-state index is 0.00978. The lowest BCUT2D eigenvalue weighted by atomic mass is 10.1. The summed E-state index contributed by atoms with van der Waals surface area (Å²) in [5, 5.41) is 0.326. The summed E-state index contributed by atoms with van der Waals surface area (Å²) in [6, 6.07) is 7.81. The molecule has 194 valence electrons. The van der Waals surface area contributed by atoms with Crippen LogP contribution in [-0.4, -0.2) is 45.9 Å². The second-order valence-corrected chi connectivity index (χ2v) is 10.2. The van der Waals surface area contributed by atoms with Crippen LogP contribution in [0, 0.1) is 0 Å². The Morgan fingerprint density at radius 3 is 2.44 bits per heavy atom. The van der Waals surface area contributed by atoms with Gasteiger partial charge in [-0.2, -0.15) is 13.2 Å².